The SMILES string of the molecule is CCOc1cc(C(=O)OCC(=O)c2cc(C)n(C3CC3)c2C)cc(OCC)c1OCC. The van der Waals surface area contributed by atoms with Gasteiger partial charge in [0.15, 0.2) is 18.1 Å². The lowest BCUT2D eigenvalue weighted by Gasteiger charge is -2.16. The molecule has 0 aliphatic heterocycles. The first-order valence-electron chi connectivity index (χ1n) is 10.9. The number of hydrogen-bond donors (Lipinski definition) is 0. The number of benzene rings is 1. The Morgan fingerprint density at radius 3 is 2.03 bits per heavy atom. The van der Waals surface area contributed by atoms with Crippen LogP contribution in [-0.4, -0.2) is 42.7 Å². The third-order valence-corrected chi connectivity index (χ3v) is 5.18. The topological polar surface area (TPSA) is 76.0 Å². The van der Waals surface area contributed by atoms with E-state index in [0.29, 0.717) is 48.7 Å². The number of hydrogen-bond acceptors (Lipinski definition) is 6. The second-order valence-corrected chi connectivity index (χ2v) is 7.49. The van der Waals surface area contributed by atoms with Gasteiger partial charge in [-0.25, -0.2) is 4.79 Å². The Labute approximate surface area is 183 Å². The van der Waals surface area contributed by atoms with E-state index >= 15 is 0 Å². The zero-order valence-corrected chi connectivity index (χ0v) is 18.9. The third-order valence-electron chi connectivity index (χ3n) is 5.18. The molecule has 0 N–H and O–H groups in total. The highest BCUT2D eigenvalue weighted by Crippen LogP contribution is 2.40. The first kappa shape index (κ1) is 22.7. The van der Waals surface area contributed by atoms with Crippen molar-refractivity contribution in [3.05, 3.63) is 40.7 Å². The van der Waals surface area contributed by atoms with Crippen molar-refractivity contribution in [1.82, 2.24) is 4.57 Å². The van der Waals surface area contributed by atoms with Gasteiger partial charge in [0.1, 0.15) is 0 Å². The normalized spacial score (nSPS) is 13.1. The molecular formula is C24H31NO6. The molecule has 2 aromatic rings. The average Bonchev–Trinajstić information content (AvgIpc) is 3.52. The van der Waals surface area contributed by atoms with Gasteiger partial charge in [-0.2, -0.15) is 0 Å². The molecule has 0 saturated heterocycles. The molecule has 1 saturated carbocycles. The number of ketones is 1. The second-order valence-electron chi connectivity index (χ2n) is 7.49. The quantitative estimate of drug-likeness (QED) is 0.381. The van der Waals surface area contributed by atoms with Gasteiger partial charge in [0.25, 0.3) is 0 Å². The Morgan fingerprint density at radius 2 is 1.52 bits per heavy atom. The van der Waals surface area contributed by atoms with Crippen molar-refractivity contribution in [1.29, 1.82) is 0 Å². The summed E-state index contributed by atoms with van der Waals surface area (Å²) < 4.78 is 24.5. The van der Waals surface area contributed by atoms with Crippen molar-refractivity contribution in [2.24, 2.45) is 0 Å². The number of aryl methyl sites for hydroxylation is 1. The summed E-state index contributed by atoms with van der Waals surface area (Å²) in [5.74, 6) is 0.429. The maximum atomic E-state index is 12.7. The van der Waals surface area contributed by atoms with Crippen LogP contribution in [0.15, 0.2) is 18.2 Å². The number of carbonyl (C=O) groups is 2. The molecule has 1 heterocycles. The molecule has 0 amide bonds. The van der Waals surface area contributed by atoms with E-state index in [2.05, 4.69) is 4.57 Å². The van der Waals surface area contributed by atoms with Crippen LogP contribution in [-0.2, 0) is 4.74 Å². The highest BCUT2D eigenvalue weighted by atomic mass is 16.5. The van der Waals surface area contributed by atoms with Gasteiger partial charge < -0.3 is 23.5 Å². The molecule has 1 aliphatic rings. The zero-order valence-electron chi connectivity index (χ0n) is 18.9. The average molecular weight is 430 g/mol. The Morgan fingerprint density at radius 1 is 0.935 bits per heavy atom. The second kappa shape index (κ2) is 9.90. The van der Waals surface area contributed by atoms with Crippen LogP contribution in [0.1, 0.15) is 71.8 Å². The summed E-state index contributed by atoms with van der Waals surface area (Å²) in [6.07, 6.45) is 2.28. The molecule has 1 fully saturated rings. The zero-order chi connectivity index (χ0) is 22.5. The molecule has 7 nitrogen and oxygen atoms in total. The molecule has 3 rings (SSSR count). The molecule has 168 valence electrons. The first-order chi connectivity index (χ1) is 14.9. The van der Waals surface area contributed by atoms with Crippen molar-refractivity contribution in [2.45, 2.75) is 53.5 Å². The summed E-state index contributed by atoms with van der Waals surface area (Å²) >= 11 is 0. The number of aromatic nitrogens is 1. The van der Waals surface area contributed by atoms with Crippen LogP contribution in [0, 0.1) is 13.8 Å². The molecule has 7 heteroatoms. The van der Waals surface area contributed by atoms with Crippen LogP contribution < -0.4 is 14.2 Å². The monoisotopic (exact) mass is 429 g/mol. The smallest absolute Gasteiger partial charge is 0.338 e. The number of ether oxygens (including phenoxy) is 4. The summed E-state index contributed by atoms with van der Waals surface area (Å²) in [6.45, 7) is 10.4. The van der Waals surface area contributed by atoms with E-state index in [-0.39, 0.29) is 18.0 Å². The number of nitrogens with zero attached hydrogens (tertiary/aromatic N) is 1. The van der Waals surface area contributed by atoms with Gasteiger partial charge >= 0.3 is 5.97 Å². The van der Waals surface area contributed by atoms with Crippen LogP contribution in [0.3, 0.4) is 0 Å². The van der Waals surface area contributed by atoms with Gasteiger partial charge in [-0.05, 0) is 65.7 Å². The molecule has 1 aromatic heterocycles. The van der Waals surface area contributed by atoms with Crippen LogP contribution in [0.2, 0.25) is 0 Å². The maximum Gasteiger partial charge on any atom is 0.338 e. The standard InChI is InChI=1S/C24H31NO6/c1-6-28-21-12-17(13-22(29-7-2)23(21)30-8-3)24(27)31-14-20(26)19-11-15(4)25(16(19)5)18-9-10-18/h11-13,18H,6-10,14H2,1-5H3. The van der Waals surface area contributed by atoms with E-state index in [1.807, 2.05) is 40.7 Å². The van der Waals surface area contributed by atoms with E-state index in [4.69, 9.17) is 18.9 Å². The fourth-order valence-corrected chi connectivity index (χ4v) is 3.75. The van der Waals surface area contributed by atoms with Crippen LogP contribution in [0.5, 0.6) is 17.2 Å². The maximum absolute atomic E-state index is 12.7. The van der Waals surface area contributed by atoms with E-state index in [1.165, 1.54) is 0 Å². The predicted octanol–water partition coefficient (Wildman–Crippen LogP) is 4.68. The van der Waals surface area contributed by atoms with E-state index in [0.717, 1.165) is 24.2 Å². The lowest BCUT2D eigenvalue weighted by atomic mass is 10.1. The van der Waals surface area contributed by atoms with Gasteiger partial charge in [0, 0.05) is 23.0 Å². The first-order valence-corrected chi connectivity index (χ1v) is 10.9. The van der Waals surface area contributed by atoms with Crippen molar-refractivity contribution in [3.8, 4) is 17.2 Å². The summed E-state index contributed by atoms with van der Waals surface area (Å²) in [6, 6.07) is 5.48. The number of carbonyl (C=O) groups excluding carboxylic acids is 2. The minimum absolute atomic E-state index is 0.214. The summed E-state index contributed by atoms with van der Waals surface area (Å²) in [5.41, 5.74) is 2.84. The fraction of sp³-hybridized carbons (Fsp3) is 0.500. The molecule has 0 radical (unpaired) electrons. The van der Waals surface area contributed by atoms with Crippen LogP contribution in [0.4, 0.5) is 0 Å². The highest BCUT2D eigenvalue weighted by Gasteiger charge is 2.28. The number of rotatable bonds is 11. The highest BCUT2D eigenvalue weighted by molar-refractivity contribution is 6.00. The lowest BCUT2D eigenvalue weighted by Crippen LogP contribution is -2.15. The Kier molecular flexibility index (Phi) is 7.25. The van der Waals surface area contributed by atoms with E-state index in [1.54, 1.807) is 12.1 Å². The molecular weight excluding hydrogens is 398 g/mol. The van der Waals surface area contributed by atoms with Gasteiger partial charge in [0.2, 0.25) is 11.5 Å². The van der Waals surface area contributed by atoms with E-state index in [9.17, 15) is 9.59 Å². The number of esters is 1. The number of Topliss-reactive ketones (excluding diaryl/α,β-unsaturated/α-hetero) is 1. The Bertz CT molecular complexity index is 930. The largest absolute Gasteiger partial charge is 0.490 e. The van der Waals surface area contributed by atoms with Crippen LogP contribution >= 0.6 is 0 Å². The molecule has 1 aromatic carbocycles. The van der Waals surface area contributed by atoms with Crippen LogP contribution in [0.25, 0.3) is 0 Å². The van der Waals surface area contributed by atoms with Crippen molar-refractivity contribution in [2.75, 3.05) is 26.4 Å². The summed E-state index contributed by atoms with van der Waals surface area (Å²) in [7, 11) is 0. The fourth-order valence-electron chi connectivity index (χ4n) is 3.75. The summed E-state index contributed by atoms with van der Waals surface area (Å²) in [5, 5.41) is 0. The minimum Gasteiger partial charge on any atom is -0.490 e. The van der Waals surface area contributed by atoms with Gasteiger partial charge in [0.05, 0.1) is 25.4 Å². The van der Waals surface area contributed by atoms with Crippen molar-refractivity contribution >= 4 is 11.8 Å². The molecule has 0 spiro atoms. The lowest BCUT2D eigenvalue weighted by molar-refractivity contribution is 0.0473. The van der Waals surface area contributed by atoms with Crippen molar-refractivity contribution < 1.29 is 28.5 Å². The molecule has 0 bridgehead atoms. The van der Waals surface area contributed by atoms with Crippen molar-refractivity contribution in [3.63, 3.8) is 0 Å². The molecule has 1 aliphatic carbocycles. The summed E-state index contributed by atoms with van der Waals surface area (Å²) in [4.78, 5) is 25.4. The predicted molar refractivity (Wildman–Crippen MR) is 117 cm³/mol. The molecule has 31 heavy (non-hydrogen) atoms. The molecule has 0 unspecified atom stereocenters. The molecule has 0 atom stereocenters. The Balaban J connectivity index is 1.76. The van der Waals surface area contributed by atoms with Gasteiger partial charge in [-0.15, -0.1) is 0 Å². The van der Waals surface area contributed by atoms with Gasteiger partial charge in [-0.1, -0.05) is 0 Å². The minimum atomic E-state index is -0.616. The van der Waals surface area contributed by atoms with E-state index < -0.39 is 5.97 Å². The Hall–Kier alpha value is -2.96. The third kappa shape index (κ3) is 5.03. The van der Waals surface area contributed by atoms with Gasteiger partial charge in [-0.3, -0.25) is 4.79 Å².